The molecule has 0 spiro atoms. The van der Waals surface area contributed by atoms with Crippen molar-refractivity contribution in [3.05, 3.63) is 24.3 Å². The van der Waals surface area contributed by atoms with E-state index in [1.54, 1.807) is 0 Å². The molecule has 1 N–H and O–H groups in total. The van der Waals surface area contributed by atoms with Gasteiger partial charge in [-0.3, -0.25) is 14.9 Å². The first-order chi connectivity index (χ1) is 10.1. The summed E-state index contributed by atoms with van der Waals surface area (Å²) >= 11 is 0. The fourth-order valence-corrected chi connectivity index (χ4v) is 3.18. The Balaban J connectivity index is 1.84. The molecule has 2 atom stereocenters. The fraction of sp³-hybridized carbons (Fsp3) is 0.500. The summed E-state index contributed by atoms with van der Waals surface area (Å²) < 4.78 is 0. The molecule has 2 aliphatic rings. The first-order valence-corrected chi connectivity index (χ1v) is 7.56. The van der Waals surface area contributed by atoms with E-state index in [0.29, 0.717) is 0 Å². The summed E-state index contributed by atoms with van der Waals surface area (Å²) in [5.41, 5.74) is 2.13. The molecular weight excluding hydrogens is 266 g/mol. The van der Waals surface area contributed by atoms with Gasteiger partial charge in [0.05, 0.1) is 0 Å². The highest BCUT2D eigenvalue weighted by molar-refractivity contribution is 6.06. The maximum absolute atomic E-state index is 11.8. The summed E-state index contributed by atoms with van der Waals surface area (Å²) in [5, 5.41) is 2.41. The molecule has 2 heterocycles. The lowest BCUT2D eigenvalue weighted by molar-refractivity contribution is -0.134. The van der Waals surface area contributed by atoms with Crippen molar-refractivity contribution >= 4 is 23.2 Å². The second kappa shape index (κ2) is 5.39. The third-order valence-electron chi connectivity index (χ3n) is 4.46. The number of carbonyl (C=O) groups excluding carboxylic acids is 2. The maximum Gasteiger partial charge on any atom is 0.249 e. The second-order valence-electron chi connectivity index (χ2n) is 5.82. The Morgan fingerprint density at radius 2 is 1.38 bits per heavy atom. The van der Waals surface area contributed by atoms with Crippen LogP contribution in [0.3, 0.4) is 0 Å². The van der Waals surface area contributed by atoms with Gasteiger partial charge >= 0.3 is 0 Å². The van der Waals surface area contributed by atoms with Gasteiger partial charge in [-0.05, 0) is 51.0 Å². The van der Waals surface area contributed by atoms with Crippen molar-refractivity contribution in [3.8, 4) is 0 Å². The van der Waals surface area contributed by atoms with E-state index in [1.165, 1.54) is 18.5 Å². The molecule has 2 aliphatic heterocycles. The molecule has 2 saturated heterocycles. The van der Waals surface area contributed by atoms with E-state index in [0.717, 1.165) is 18.8 Å². The zero-order chi connectivity index (χ0) is 15.0. The molecule has 0 radical (unpaired) electrons. The van der Waals surface area contributed by atoms with E-state index >= 15 is 0 Å². The molecule has 112 valence electrons. The minimum Gasteiger partial charge on any atom is -0.372 e. The van der Waals surface area contributed by atoms with Crippen LogP contribution < -0.4 is 15.1 Å². The monoisotopic (exact) mass is 287 g/mol. The normalized spacial score (nSPS) is 26.2. The number of hydrogen-bond donors (Lipinski definition) is 1. The Morgan fingerprint density at radius 3 is 1.90 bits per heavy atom. The largest absolute Gasteiger partial charge is 0.372 e. The molecule has 5 heteroatoms. The number of rotatable bonds is 2. The molecule has 0 aromatic heterocycles. The summed E-state index contributed by atoms with van der Waals surface area (Å²) in [4.78, 5) is 27.9. The van der Waals surface area contributed by atoms with Crippen LogP contribution in [-0.4, -0.2) is 37.0 Å². The predicted octanol–water partition coefficient (Wildman–Crippen LogP) is 1.53. The maximum atomic E-state index is 11.8. The smallest absolute Gasteiger partial charge is 0.249 e. The quantitative estimate of drug-likeness (QED) is 0.838. The summed E-state index contributed by atoms with van der Waals surface area (Å²) in [6.07, 6.45) is 2.49. The molecule has 1 aromatic rings. The summed E-state index contributed by atoms with van der Waals surface area (Å²) in [5.74, 6) is -0.469. The van der Waals surface area contributed by atoms with Crippen molar-refractivity contribution < 1.29 is 9.59 Å². The molecule has 0 aliphatic carbocycles. The lowest BCUT2D eigenvalue weighted by Gasteiger charge is -2.38. The minimum absolute atomic E-state index is 0.235. The molecule has 0 bridgehead atoms. The van der Waals surface area contributed by atoms with Crippen LogP contribution in [0.2, 0.25) is 0 Å². The lowest BCUT2D eigenvalue weighted by Crippen LogP contribution is -2.61. The third kappa shape index (κ3) is 2.48. The molecule has 2 amide bonds. The molecule has 21 heavy (non-hydrogen) atoms. The molecule has 1 aromatic carbocycles. The van der Waals surface area contributed by atoms with Gasteiger partial charge in [0.25, 0.3) is 0 Å². The Kier molecular flexibility index (Phi) is 3.57. The van der Waals surface area contributed by atoms with Gasteiger partial charge in [0.2, 0.25) is 11.8 Å². The van der Waals surface area contributed by atoms with Gasteiger partial charge < -0.3 is 9.80 Å². The van der Waals surface area contributed by atoms with Crippen LogP contribution in [0.15, 0.2) is 24.3 Å². The molecule has 2 fully saturated rings. The zero-order valence-electron chi connectivity index (χ0n) is 12.5. The van der Waals surface area contributed by atoms with Crippen molar-refractivity contribution in [1.82, 2.24) is 5.32 Å². The topological polar surface area (TPSA) is 52.7 Å². The van der Waals surface area contributed by atoms with Crippen LogP contribution in [0, 0.1) is 0 Å². The summed E-state index contributed by atoms with van der Waals surface area (Å²) in [6, 6.07) is 7.50. The number of carbonyl (C=O) groups is 2. The lowest BCUT2D eigenvalue weighted by atomic mass is 10.1. The van der Waals surface area contributed by atoms with Crippen LogP contribution >= 0.6 is 0 Å². The van der Waals surface area contributed by atoms with Gasteiger partial charge in [-0.25, -0.2) is 0 Å². The van der Waals surface area contributed by atoms with E-state index in [4.69, 9.17) is 0 Å². The second-order valence-corrected chi connectivity index (χ2v) is 5.82. The third-order valence-corrected chi connectivity index (χ3v) is 4.46. The van der Waals surface area contributed by atoms with Gasteiger partial charge in [0, 0.05) is 24.5 Å². The van der Waals surface area contributed by atoms with Crippen LogP contribution in [0.4, 0.5) is 11.4 Å². The highest BCUT2D eigenvalue weighted by Gasteiger charge is 2.36. The van der Waals surface area contributed by atoms with Gasteiger partial charge in [-0.2, -0.15) is 0 Å². The SMILES string of the molecule is CC1C(=O)NC(=O)C(C)N1c1ccc(N2CCCC2)cc1. The highest BCUT2D eigenvalue weighted by atomic mass is 16.2. The number of piperazine rings is 1. The summed E-state index contributed by atoms with van der Waals surface area (Å²) in [7, 11) is 0. The number of nitrogens with zero attached hydrogens (tertiary/aromatic N) is 2. The zero-order valence-corrected chi connectivity index (χ0v) is 12.5. The Bertz CT molecular complexity index is 529. The fourth-order valence-electron chi connectivity index (χ4n) is 3.18. The van der Waals surface area contributed by atoms with Gasteiger partial charge in [0.15, 0.2) is 0 Å². The molecule has 2 unspecified atom stereocenters. The highest BCUT2D eigenvalue weighted by Crippen LogP contribution is 2.27. The van der Waals surface area contributed by atoms with E-state index in [9.17, 15) is 9.59 Å². The Labute approximate surface area is 124 Å². The standard InChI is InChI=1S/C16H21N3O2/c1-11-15(20)17-16(21)12(2)19(11)14-7-5-13(6-8-14)18-9-3-4-10-18/h5-8,11-12H,3-4,9-10H2,1-2H3,(H,17,20,21). The van der Waals surface area contributed by atoms with E-state index < -0.39 is 0 Å². The number of amides is 2. The van der Waals surface area contributed by atoms with Crippen LogP contribution in [0.25, 0.3) is 0 Å². The first-order valence-electron chi connectivity index (χ1n) is 7.56. The average molecular weight is 287 g/mol. The van der Waals surface area contributed by atoms with Crippen molar-refractivity contribution in [2.24, 2.45) is 0 Å². The number of benzene rings is 1. The minimum atomic E-state index is -0.338. The number of nitrogens with one attached hydrogen (secondary N) is 1. The Morgan fingerprint density at radius 1 is 0.905 bits per heavy atom. The van der Waals surface area contributed by atoms with Crippen LogP contribution in [0.1, 0.15) is 26.7 Å². The molecule has 3 rings (SSSR count). The number of hydrogen-bond acceptors (Lipinski definition) is 4. The first kappa shape index (κ1) is 13.9. The van der Waals surface area contributed by atoms with E-state index in [-0.39, 0.29) is 23.9 Å². The van der Waals surface area contributed by atoms with Crippen molar-refractivity contribution in [2.75, 3.05) is 22.9 Å². The van der Waals surface area contributed by atoms with Crippen molar-refractivity contribution in [1.29, 1.82) is 0 Å². The van der Waals surface area contributed by atoms with Gasteiger partial charge in [0.1, 0.15) is 12.1 Å². The van der Waals surface area contributed by atoms with Gasteiger partial charge in [-0.1, -0.05) is 0 Å². The van der Waals surface area contributed by atoms with E-state index in [1.807, 2.05) is 30.9 Å². The van der Waals surface area contributed by atoms with Gasteiger partial charge in [-0.15, -0.1) is 0 Å². The average Bonchev–Trinajstić information content (AvgIpc) is 3.00. The van der Waals surface area contributed by atoms with Crippen LogP contribution in [0.5, 0.6) is 0 Å². The Hall–Kier alpha value is -2.04. The van der Waals surface area contributed by atoms with Crippen molar-refractivity contribution in [2.45, 2.75) is 38.8 Å². The predicted molar refractivity (Wildman–Crippen MR) is 82.4 cm³/mol. The van der Waals surface area contributed by atoms with E-state index in [2.05, 4.69) is 22.3 Å². The number of imide groups is 1. The summed E-state index contributed by atoms with van der Waals surface area (Å²) in [6.45, 7) is 5.87. The van der Waals surface area contributed by atoms with Crippen LogP contribution in [-0.2, 0) is 9.59 Å². The van der Waals surface area contributed by atoms with Crippen molar-refractivity contribution in [3.63, 3.8) is 0 Å². The molecular formula is C16H21N3O2. The molecule has 0 saturated carbocycles. The molecule has 5 nitrogen and oxygen atoms in total. The number of anilines is 2.